The fourth-order valence-electron chi connectivity index (χ4n) is 3.35. The number of aromatic nitrogens is 3. The third kappa shape index (κ3) is 4.11. The Morgan fingerprint density at radius 3 is 2.77 bits per heavy atom. The van der Waals surface area contributed by atoms with Crippen LogP contribution >= 0.6 is 23.4 Å². The Balaban J connectivity index is 1.69. The number of aryl methyl sites for hydroxylation is 1. The van der Waals surface area contributed by atoms with Crippen LogP contribution in [0.2, 0.25) is 5.02 Å². The highest BCUT2D eigenvalue weighted by atomic mass is 35.5. The zero-order valence-corrected chi connectivity index (χ0v) is 18.2. The number of anilines is 1. The van der Waals surface area contributed by atoms with Crippen molar-refractivity contribution in [1.82, 2.24) is 14.9 Å². The van der Waals surface area contributed by atoms with Crippen molar-refractivity contribution >= 4 is 35.0 Å². The second-order valence-corrected chi connectivity index (χ2v) is 8.39. The quantitative estimate of drug-likeness (QED) is 0.591. The summed E-state index contributed by atoms with van der Waals surface area (Å²) in [5, 5.41) is 12.3. The van der Waals surface area contributed by atoms with Crippen molar-refractivity contribution in [2.24, 2.45) is 0 Å². The molecule has 2 heterocycles. The number of nitrogens with one attached hydrogen (secondary N) is 2. The molecule has 0 fully saturated rings. The average Bonchev–Trinajstić information content (AvgIpc) is 3.15. The van der Waals surface area contributed by atoms with E-state index in [1.807, 2.05) is 53.2 Å². The van der Waals surface area contributed by atoms with Gasteiger partial charge in [-0.2, -0.15) is 0 Å². The summed E-state index contributed by atoms with van der Waals surface area (Å²) >= 11 is 7.76. The van der Waals surface area contributed by atoms with Crippen LogP contribution in [0, 0.1) is 0 Å². The minimum Gasteiger partial charge on any atom is -0.495 e. The minimum atomic E-state index is -0.471. The van der Waals surface area contributed by atoms with Crippen molar-refractivity contribution in [3.8, 4) is 5.75 Å². The van der Waals surface area contributed by atoms with Gasteiger partial charge in [-0.1, -0.05) is 54.6 Å². The third-order valence-corrected chi connectivity index (χ3v) is 6.32. The molecule has 30 heavy (non-hydrogen) atoms. The number of nitrogens with zero attached hydrogens (tertiary/aromatic N) is 3. The molecule has 2 N–H and O–H groups in total. The minimum absolute atomic E-state index is 0.123. The maximum Gasteiger partial charge on any atom is 0.240 e. The summed E-state index contributed by atoms with van der Waals surface area (Å²) in [5.41, 5.74) is 5.06. The highest BCUT2D eigenvalue weighted by Gasteiger charge is 2.38. The van der Waals surface area contributed by atoms with E-state index in [1.165, 1.54) is 11.8 Å². The molecule has 1 aliphatic rings. The number of para-hydroxylation sites is 1. The van der Waals surface area contributed by atoms with Gasteiger partial charge in [-0.05, 0) is 36.2 Å². The Labute approximate surface area is 184 Å². The zero-order valence-electron chi connectivity index (χ0n) is 16.6. The smallest absolute Gasteiger partial charge is 0.240 e. The van der Waals surface area contributed by atoms with Crippen molar-refractivity contribution in [2.45, 2.75) is 36.2 Å². The Kier molecular flexibility index (Phi) is 6.15. The van der Waals surface area contributed by atoms with Crippen molar-refractivity contribution < 1.29 is 9.53 Å². The SMILES string of the molecule is CCCc1nnc2n1N[C@@H](c1ccc(OC)c(Cl)c1)[C@H](C(=O)Nc1ccccc1)S2. The van der Waals surface area contributed by atoms with Crippen LogP contribution in [0.25, 0.3) is 0 Å². The molecule has 1 amide bonds. The number of fused-ring (bicyclic) bond motifs is 1. The van der Waals surface area contributed by atoms with E-state index < -0.39 is 5.25 Å². The first-order valence-electron chi connectivity index (χ1n) is 9.67. The molecular formula is C21H22ClN5O2S. The van der Waals surface area contributed by atoms with Crippen LogP contribution in [-0.4, -0.2) is 33.1 Å². The molecule has 1 aromatic heterocycles. The van der Waals surface area contributed by atoms with Crippen LogP contribution < -0.4 is 15.5 Å². The number of rotatable bonds is 6. The molecule has 0 unspecified atom stereocenters. The van der Waals surface area contributed by atoms with E-state index in [0.29, 0.717) is 15.9 Å². The van der Waals surface area contributed by atoms with Crippen molar-refractivity contribution in [3.63, 3.8) is 0 Å². The summed E-state index contributed by atoms with van der Waals surface area (Å²) in [4.78, 5) is 13.2. The number of hydrogen-bond donors (Lipinski definition) is 2. The van der Waals surface area contributed by atoms with Gasteiger partial charge < -0.3 is 15.5 Å². The standard InChI is InChI=1S/C21H22ClN5O2S/c1-3-7-17-24-25-21-27(17)26-18(13-10-11-16(29-2)15(22)12-13)19(30-21)20(28)23-14-8-5-4-6-9-14/h4-6,8-12,18-19,26H,3,7H2,1-2H3,(H,23,28)/t18-,19+/m0/s1. The molecule has 7 nitrogen and oxygen atoms in total. The third-order valence-electron chi connectivity index (χ3n) is 4.81. The Bertz CT molecular complexity index is 1040. The van der Waals surface area contributed by atoms with Gasteiger partial charge in [0.05, 0.1) is 18.2 Å². The first kappa shape index (κ1) is 20.6. The van der Waals surface area contributed by atoms with E-state index in [9.17, 15) is 4.79 Å². The van der Waals surface area contributed by atoms with E-state index in [2.05, 4.69) is 27.9 Å². The first-order valence-corrected chi connectivity index (χ1v) is 10.9. The van der Waals surface area contributed by atoms with Gasteiger partial charge in [0, 0.05) is 12.1 Å². The molecule has 2 atom stereocenters. The van der Waals surface area contributed by atoms with E-state index in [0.717, 1.165) is 29.9 Å². The zero-order chi connectivity index (χ0) is 21.1. The monoisotopic (exact) mass is 443 g/mol. The van der Waals surface area contributed by atoms with Gasteiger partial charge in [-0.25, -0.2) is 4.68 Å². The number of thioether (sulfide) groups is 1. The van der Waals surface area contributed by atoms with E-state index in [-0.39, 0.29) is 11.9 Å². The lowest BCUT2D eigenvalue weighted by atomic mass is 10.0. The number of carbonyl (C=O) groups is 1. The van der Waals surface area contributed by atoms with Gasteiger partial charge in [0.15, 0.2) is 5.82 Å². The van der Waals surface area contributed by atoms with Crippen LogP contribution in [0.4, 0.5) is 5.69 Å². The molecule has 156 valence electrons. The Hall–Kier alpha value is -2.71. The topological polar surface area (TPSA) is 81.1 Å². The molecule has 0 bridgehead atoms. The normalized spacial score (nSPS) is 17.7. The molecule has 4 rings (SSSR count). The second kappa shape index (κ2) is 8.97. The molecule has 3 aromatic rings. The molecule has 0 radical (unpaired) electrons. The van der Waals surface area contributed by atoms with E-state index in [1.54, 1.807) is 7.11 Å². The lowest BCUT2D eigenvalue weighted by molar-refractivity contribution is -0.116. The maximum atomic E-state index is 13.2. The van der Waals surface area contributed by atoms with Crippen molar-refractivity contribution in [3.05, 3.63) is 64.9 Å². The lowest BCUT2D eigenvalue weighted by Crippen LogP contribution is -2.41. The number of halogens is 1. The van der Waals surface area contributed by atoms with Gasteiger partial charge in [0.2, 0.25) is 11.1 Å². The van der Waals surface area contributed by atoms with Gasteiger partial charge in [0.1, 0.15) is 11.0 Å². The van der Waals surface area contributed by atoms with Crippen molar-refractivity contribution in [2.75, 3.05) is 17.9 Å². The summed E-state index contributed by atoms with van der Waals surface area (Å²) in [6.45, 7) is 2.09. The van der Waals surface area contributed by atoms with E-state index in [4.69, 9.17) is 16.3 Å². The van der Waals surface area contributed by atoms with Crippen LogP contribution in [0.15, 0.2) is 53.7 Å². The van der Waals surface area contributed by atoms with E-state index >= 15 is 0 Å². The van der Waals surface area contributed by atoms with Gasteiger partial charge in [-0.3, -0.25) is 4.79 Å². The number of carbonyl (C=O) groups excluding carboxylic acids is 1. The molecule has 1 aliphatic heterocycles. The van der Waals surface area contributed by atoms with Gasteiger partial charge >= 0.3 is 0 Å². The van der Waals surface area contributed by atoms with Gasteiger partial charge in [0.25, 0.3) is 0 Å². The maximum absolute atomic E-state index is 13.2. The fourth-order valence-corrected chi connectivity index (χ4v) is 4.71. The number of hydrogen-bond acceptors (Lipinski definition) is 6. The predicted octanol–water partition coefficient (Wildman–Crippen LogP) is 4.29. The van der Waals surface area contributed by atoms with Crippen LogP contribution in [0.3, 0.4) is 0 Å². The highest BCUT2D eigenvalue weighted by Crippen LogP contribution is 2.39. The second-order valence-electron chi connectivity index (χ2n) is 6.88. The molecule has 0 aliphatic carbocycles. The highest BCUT2D eigenvalue weighted by molar-refractivity contribution is 8.00. The number of ether oxygens (including phenoxy) is 1. The van der Waals surface area contributed by atoms with Crippen LogP contribution in [0.1, 0.15) is 30.8 Å². The molecule has 0 saturated heterocycles. The summed E-state index contributed by atoms with van der Waals surface area (Å²) < 4.78 is 7.15. The molecule has 0 saturated carbocycles. The number of amides is 1. The Morgan fingerprint density at radius 1 is 1.27 bits per heavy atom. The van der Waals surface area contributed by atoms with Gasteiger partial charge in [-0.15, -0.1) is 10.2 Å². The van der Waals surface area contributed by atoms with Crippen LogP contribution in [-0.2, 0) is 11.2 Å². The van der Waals surface area contributed by atoms with Crippen molar-refractivity contribution in [1.29, 1.82) is 0 Å². The largest absolute Gasteiger partial charge is 0.495 e. The Morgan fingerprint density at radius 2 is 2.07 bits per heavy atom. The lowest BCUT2D eigenvalue weighted by Gasteiger charge is -2.33. The number of benzene rings is 2. The summed E-state index contributed by atoms with van der Waals surface area (Å²) in [5.74, 6) is 1.30. The summed E-state index contributed by atoms with van der Waals surface area (Å²) in [6.07, 6.45) is 1.74. The summed E-state index contributed by atoms with van der Waals surface area (Å²) in [7, 11) is 1.58. The average molecular weight is 444 g/mol. The number of methoxy groups -OCH3 is 1. The van der Waals surface area contributed by atoms with Crippen LogP contribution in [0.5, 0.6) is 5.75 Å². The molecular weight excluding hydrogens is 422 g/mol. The molecule has 9 heteroatoms. The predicted molar refractivity (Wildman–Crippen MR) is 119 cm³/mol. The molecule has 2 aromatic carbocycles. The fraction of sp³-hybridized carbons (Fsp3) is 0.286. The molecule has 0 spiro atoms. The summed E-state index contributed by atoms with van der Waals surface area (Å²) in [6, 6.07) is 14.6. The first-order chi connectivity index (χ1) is 14.6.